The molecule has 176 valence electrons. The van der Waals surface area contributed by atoms with Gasteiger partial charge in [0.05, 0.1) is 32.3 Å². The number of ether oxygens (including phenoxy) is 2. The second-order valence-electron chi connectivity index (χ2n) is 7.68. The molecular formula is C23H30N6O3S. The molecule has 0 unspecified atom stereocenters. The van der Waals surface area contributed by atoms with Crippen molar-refractivity contribution in [1.29, 1.82) is 0 Å². The van der Waals surface area contributed by atoms with E-state index in [-0.39, 0.29) is 5.91 Å². The molecule has 0 fully saturated rings. The number of carbonyl (C=O) groups excluding carboxylic acids is 1. The van der Waals surface area contributed by atoms with Gasteiger partial charge in [0, 0.05) is 19.2 Å². The summed E-state index contributed by atoms with van der Waals surface area (Å²) in [6, 6.07) is 5.47. The predicted octanol–water partition coefficient (Wildman–Crippen LogP) is 3.46. The zero-order valence-electron chi connectivity index (χ0n) is 19.6. The minimum absolute atomic E-state index is 0.194. The van der Waals surface area contributed by atoms with Crippen LogP contribution in [0.1, 0.15) is 19.4 Å². The number of rotatable bonds is 11. The number of methoxy groups -OCH3 is 2. The number of anilines is 1. The largest absolute Gasteiger partial charge is 0.493 e. The summed E-state index contributed by atoms with van der Waals surface area (Å²) in [6.07, 6.45) is 6.93. The number of aromatic nitrogens is 4. The van der Waals surface area contributed by atoms with Crippen molar-refractivity contribution >= 4 is 40.6 Å². The molecule has 3 rings (SSSR count). The van der Waals surface area contributed by atoms with E-state index in [2.05, 4.69) is 39.5 Å². The maximum absolute atomic E-state index is 12.3. The molecule has 0 aliphatic heterocycles. The van der Waals surface area contributed by atoms with Crippen LogP contribution >= 0.6 is 11.8 Å². The van der Waals surface area contributed by atoms with Gasteiger partial charge < -0.3 is 20.1 Å². The first-order valence-electron chi connectivity index (χ1n) is 10.6. The summed E-state index contributed by atoms with van der Waals surface area (Å²) in [7, 11) is 3.16. The Labute approximate surface area is 198 Å². The number of thioether (sulfide) groups is 1. The highest BCUT2D eigenvalue weighted by molar-refractivity contribution is 7.98. The first kappa shape index (κ1) is 24.4. The fourth-order valence-corrected chi connectivity index (χ4v) is 3.46. The molecule has 0 radical (unpaired) electrons. The van der Waals surface area contributed by atoms with E-state index in [0.29, 0.717) is 35.7 Å². The highest BCUT2D eigenvalue weighted by atomic mass is 32.2. The predicted molar refractivity (Wildman–Crippen MR) is 132 cm³/mol. The van der Waals surface area contributed by atoms with Crippen molar-refractivity contribution < 1.29 is 14.3 Å². The Morgan fingerprint density at radius 3 is 2.70 bits per heavy atom. The van der Waals surface area contributed by atoms with E-state index in [9.17, 15) is 4.79 Å². The lowest BCUT2D eigenvalue weighted by molar-refractivity contribution is -0.116. The van der Waals surface area contributed by atoms with Crippen LogP contribution in [0.5, 0.6) is 11.5 Å². The van der Waals surface area contributed by atoms with Gasteiger partial charge >= 0.3 is 0 Å². The molecule has 2 N–H and O–H groups in total. The normalized spacial score (nSPS) is 11.3. The molecule has 0 saturated carbocycles. The topological polar surface area (TPSA) is 103 Å². The van der Waals surface area contributed by atoms with Crippen molar-refractivity contribution in [3.05, 3.63) is 36.0 Å². The standard InChI is InChI=1S/C23H30N6O3S/c1-15(2)13-25-21-17-14-26-29(22(17)28-23(27-21)33-5)11-10-24-20(30)9-7-16-6-8-18(31-3)19(12-16)32-4/h6-9,12,14-15H,10-11,13H2,1-5H3,(H,24,30)(H,25,27,28). The van der Waals surface area contributed by atoms with E-state index >= 15 is 0 Å². The van der Waals surface area contributed by atoms with Gasteiger partial charge in [0.1, 0.15) is 5.82 Å². The van der Waals surface area contributed by atoms with Crippen LogP contribution in [0, 0.1) is 5.92 Å². The van der Waals surface area contributed by atoms with Gasteiger partial charge in [0.15, 0.2) is 22.3 Å². The van der Waals surface area contributed by atoms with Crippen LogP contribution in [0.25, 0.3) is 17.1 Å². The smallest absolute Gasteiger partial charge is 0.244 e. The molecule has 0 bridgehead atoms. The SMILES string of the molecule is COc1ccc(C=CC(=O)NCCn2ncc3c(NCC(C)C)nc(SC)nc32)cc1OC. The summed E-state index contributed by atoms with van der Waals surface area (Å²) < 4.78 is 12.3. The van der Waals surface area contributed by atoms with Crippen LogP contribution in [-0.2, 0) is 11.3 Å². The lowest BCUT2D eigenvalue weighted by Crippen LogP contribution is -2.25. The number of benzene rings is 1. The van der Waals surface area contributed by atoms with E-state index in [1.54, 1.807) is 37.2 Å². The van der Waals surface area contributed by atoms with Crippen LogP contribution < -0.4 is 20.1 Å². The van der Waals surface area contributed by atoms with E-state index in [0.717, 1.165) is 29.0 Å². The van der Waals surface area contributed by atoms with Crippen LogP contribution in [-0.4, -0.2) is 59.2 Å². The van der Waals surface area contributed by atoms with Crippen LogP contribution in [0.4, 0.5) is 5.82 Å². The van der Waals surface area contributed by atoms with Gasteiger partial charge in [-0.2, -0.15) is 5.10 Å². The van der Waals surface area contributed by atoms with Crippen molar-refractivity contribution in [3.63, 3.8) is 0 Å². The summed E-state index contributed by atoms with van der Waals surface area (Å²) >= 11 is 1.48. The summed E-state index contributed by atoms with van der Waals surface area (Å²) in [6.45, 7) is 6.01. The number of nitrogens with one attached hydrogen (secondary N) is 2. The van der Waals surface area contributed by atoms with Gasteiger partial charge in [-0.15, -0.1) is 0 Å². The van der Waals surface area contributed by atoms with Crippen molar-refractivity contribution in [3.8, 4) is 11.5 Å². The van der Waals surface area contributed by atoms with Crippen molar-refractivity contribution in [2.45, 2.75) is 25.5 Å². The Bertz CT molecular complexity index is 1130. The Morgan fingerprint density at radius 1 is 1.21 bits per heavy atom. The minimum atomic E-state index is -0.194. The first-order chi connectivity index (χ1) is 15.9. The van der Waals surface area contributed by atoms with Crippen LogP contribution in [0.2, 0.25) is 0 Å². The molecule has 0 aliphatic rings. The monoisotopic (exact) mass is 470 g/mol. The lowest BCUT2D eigenvalue weighted by atomic mass is 10.2. The Kier molecular flexibility index (Phi) is 8.53. The number of amides is 1. The maximum Gasteiger partial charge on any atom is 0.244 e. The second-order valence-corrected chi connectivity index (χ2v) is 8.45. The number of nitrogens with zero attached hydrogens (tertiary/aromatic N) is 4. The summed E-state index contributed by atoms with van der Waals surface area (Å²) in [5.74, 6) is 2.33. The van der Waals surface area contributed by atoms with Crippen molar-refractivity contribution in [1.82, 2.24) is 25.1 Å². The fraction of sp³-hybridized carbons (Fsp3) is 0.391. The molecule has 0 spiro atoms. The van der Waals surface area contributed by atoms with E-state index in [1.165, 1.54) is 17.8 Å². The van der Waals surface area contributed by atoms with E-state index in [4.69, 9.17) is 9.47 Å². The first-order valence-corrected chi connectivity index (χ1v) is 11.9. The Morgan fingerprint density at radius 2 is 2.00 bits per heavy atom. The number of hydrogen-bond acceptors (Lipinski definition) is 8. The highest BCUT2D eigenvalue weighted by Crippen LogP contribution is 2.28. The quantitative estimate of drug-likeness (QED) is 0.249. The van der Waals surface area contributed by atoms with Gasteiger partial charge in [-0.3, -0.25) is 4.79 Å². The summed E-state index contributed by atoms with van der Waals surface area (Å²) in [5, 5.41) is 12.3. The molecular weight excluding hydrogens is 440 g/mol. The molecule has 9 nitrogen and oxygen atoms in total. The van der Waals surface area contributed by atoms with Crippen LogP contribution in [0.3, 0.4) is 0 Å². The molecule has 33 heavy (non-hydrogen) atoms. The molecule has 0 saturated heterocycles. The van der Waals surface area contributed by atoms with Gasteiger partial charge in [-0.05, 0) is 35.9 Å². The molecule has 1 aromatic carbocycles. The molecule has 0 atom stereocenters. The summed E-state index contributed by atoms with van der Waals surface area (Å²) in [4.78, 5) is 21.5. The average molecular weight is 471 g/mol. The molecule has 3 aromatic rings. The molecule has 1 amide bonds. The van der Waals surface area contributed by atoms with Gasteiger partial charge in [-0.25, -0.2) is 14.6 Å². The molecule has 2 heterocycles. The third-order valence-electron chi connectivity index (χ3n) is 4.79. The zero-order chi connectivity index (χ0) is 23.8. The second kappa shape index (κ2) is 11.6. The van der Waals surface area contributed by atoms with E-state index < -0.39 is 0 Å². The zero-order valence-corrected chi connectivity index (χ0v) is 20.4. The number of carbonyl (C=O) groups is 1. The summed E-state index contributed by atoms with van der Waals surface area (Å²) in [5.41, 5.74) is 1.58. The average Bonchev–Trinajstić information content (AvgIpc) is 3.23. The van der Waals surface area contributed by atoms with Gasteiger partial charge in [0.25, 0.3) is 0 Å². The highest BCUT2D eigenvalue weighted by Gasteiger charge is 2.13. The third-order valence-corrected chi connectivity index (χ3v) is 5.34. The van der Waals surface area contributed by atoms with Crippen molar-refractivity contribution in [2.75, 3.05) is 38.9 Å². The number of fused-ring (bicyclic) bond motifs is 1. The fourth-order valence-electron chi connectivity index (χ4n) is 3.10. The molecule has 2 aromatic heterocycles. The van der Waals surface area contributed by atoms with Gasteiger partial charge in [0.2, 0.25) is 5.91 Å². The van der Waals surface area contributed by atoms with E-state index in [1.807, 2.05) is 18.4 Å². The lowest BCUT2D eigenvalue weighted by Gasteiger charge is -2.10. The minimum Gasteiger partial charge on any atom is -0.493 e. The van der Waals surface area contributed by atoms with Gasteiger partial charge in [-0.1, -0.05) is 31.7 Å². The maximum atomic E-state index is 12.3. The molecule has 10 heteroatoms. The van der Waals surface area contributed by atoms with Crippen LogP contribution in [0.15, 0.2) is 35.6 Å². The number of hydrogen-bond donors (Lipinski definition) is 2. The van der Waals surface area contributed by atoms with Crippen molar-refractivity contribution in [2.24, 2.45) is 5.92 Å². The third kappa shape index (κ3) is 6.38. The molecule has 0 aliphatic carbocycles. The Hall–Kier alpha value is -3.27. The Balaban J connectivity index is 1.63.